The molecule has 3 rings (SSSR count). The SMILES string of the molecule is CCn1c(C2CC2)nc(-c2cc(F)cc(Cl)c2)c1N. The van der Waals surface area contributed by atoms with Crippen molar-refractivity contribution in [2.24, 2.45) is 0 Å². The number of hydrogen-bond acceptors (Lipinski definition) is 2. The van der Waals surface area contributed by atoms with Crippen LogP contribution in [0.2, 0.25) is 5.02 Å². The normalized spacial score (nSPS) is 14.9. The molecule has 5 heteroatoms. The van der Waals surface area contributed by atoms with Gasteiger partial charge in [0, 0.05) is 23.0 Å². The van der Waals surface area contributed by atoms with Crippen LogP contribution >= 0.6 is 11.6 Å². The van der Waals surface area contributed by atoms with Crippen LogP contribution in [-0.4, -0.2) is 9.55 Å². The number of nitrogens with zero attached hydrogens (tertiary/aromatic N) is 2. The second kappa shape index (κ2) is 4.53. The first-order valence-electron chi connectivity index (χ1n) is 6.42. The summed E-state index contributed by atoms with van der Waals surface area (Å²) in [5, 5.41) is 0.355. The summed E-state index contributed by atoms with van der Waals surface area (Å²) in [6.07, 6.45) is 2.31. The van der Waals surface area contributed by atoms with Gasteiger partial charge < -0.3 is 10.3 Å². The molecule has 1 heterocycles. The Morgan fingerprint density at radius 3 is 2.74 bits per heavy atom. The van der Waals surface area contributed by atoms with Crippen molar-refractivity contribution in [3.63, 3.8) is 0 Å². The van der Waals surface area contributed by atoms with E-state index in [2.05, 4.69) is 4.98 Å². The number of rotatable bonds is 3. The topological polar surface area (TPSA) is 43.8 Å². The summed E-state index contributed by atoms with van der Waals surface area (Å²) >= 11 is 5.89. The Kier molecular flexibility index (Phi) is 2.97. The molecular weight excluding hydrogens is 265 g/mol. The van der Waals surface area contributed by atoms with Gasteiger partial charge in [0.15, 0.2) is 0 Å². The molecule has 0 unspecified atom stereocenters. The van der Waals surface area contributed by atoms with Crippen LogP contribution in [0.3, 0.4) is 0 Å². The summed E-state index contributed by atoms with van der Waals surface area (Å²) in [5.41, 5.74) is 7.41. The van der Waals surface area contributed by atoms with E-state index in [0.29, 0.717) is 28.0 Å². The van der Waals surface area contributed by atoms with Gasteiger partial charge in [-0.3, -0.25) is 0 Å². The van der Waals surface area contributed by atoms with E-state index in [9.17, 15) is 4.39 Å². The second-order valence-corrected chi connectivity index (χ2v) is 5.32. The highest BCUT2D eigenvalue weighted by atomic mass is 35.5. The van der Waals surface area contributed by atoms with Gasteiger partial charge in [0.1, 0.15) is 23.2 Å². The third-order valence-electron chi connectivity index (χ3n) is 3.43. The zero-order chi connectivity index (χ0) is 13.6. The lowest BCUT2D eigenvalue weighted by molar-refractivity contribution is 0.628. The van der Waals surface area contributed by atoms with Gasteiger partial charge in [-0.15, -0.1) is 0 Å². The molecule has 0 amide bonds. The van der Waals surface area contributed by atoms with Crippen molar-refractivity contribution < 1.29 is 4.39 Å². The maximum absolute atomic E-state index is 13.4. The summed E-state index contributed by atoms with van der Waals surface area (Å²) < 4.78 is 15.5. The third kappa shape index (κ3) is 2.21. The van der Waals surface area contributed by atoms with E-state index in [1.165, 1.54) is 12.1 Å². The molecule has 0 aliphatic heterocycles. The minimum absolute atomic E-state index is 0.355. The first-order chi connectivity index (χ1) is 9.10. The zero-order valence-corrected chi connectivity index (χ0v) is 11.4. The highest BCUT2D eigenvalue weighted by Gasteiger charge is 2.30. The molecular formula is C14H15ClFN3. The van der Waals surface area contributed by atoms with E-state index >= 15 is 0 Å². The number of benzene rings is 1. The van der Waals surface area contributed by atoms with E-state index in [4.69, 9.17) is 17.3 Å². The van der Waals surface area contributed by atoms with E-state index in [1.807, 2.05) is 11.5 Å². The fourth-order valence-electron chi connectivity index (χ4n) is 2.37. The van der Waals surface area contributed by atoms with E-state index in [-0.39, 0.29) is 5.82 Å². The smallest absolute Gasteiger partial charge is 0.131 e. The molecule has 0 atom stereocenters. The van der Waals surface area contributed by atoms with Gasteiger partial charge in [0.2, 0.25) is 0 Å². The largest absolute Gasteiger partial charge is 0.383 e. The van der Waals surface area contributed by atoms with Crippen molar-refractivity contribution in [2.75, 3.05) is 5.73 Å². The summed E-state index contributed by atoms with van der Waals surface area (Å²) in [6.45, 7) is 2.81. The van der Waals surface area contributed by atoms with Gasteiger partial charge in [0.25, 0.3) is 0 Å². The fourth-order valence-corrected chi connectivity index (χ4v) is 2.59. The molecule has 1 aromatic carbocycles. The minimum atomic E-state index is -0.374. The average Bonchev–Trinajstić information content (AvgIpc) is 3.12. The van der Waals surface area contributed by atoms with Gasteiger partial charge in [-0.05, 0) is 38.0 Å². The molecule has 0 radical (unpaired) electrons. The van der Waals surface area contributed by atoms with Crippen molar-refractivity contribution in [1.29, 1.82) is 0 Å². The molecule has 1 aliphatic carbocycles. The van der Waals surface area contributed by atoms with Crippen LogP contribution in [0.25, 0.3) is 11.3 Å². The molecule has 0 saturated heterocycles. The quantitative estimate of drug-likeness (QED) is 0.928. The van der Waals surface area contributed by atoms with Crippen LogP contribution in [-0.2, 0) is 6.54 Å². The predicted molar refractivity (Wildman–Crippen MR) is 74.7 cm³/mol. The van der Waals surface area contributed by atoms with Gasteiger partial charge >= 0.3 is 0 Å². The highest BCUT2D eigenvalue weighted by Crippen LogP contribution is 2.42. The number of anilines is 1. The molecule has 2 aromatic rings. The second-order valence-electron chi connectivity index (χ2n) is 4.88. The molecule has 1 aromatic heterocycles. The molecule has 0 bridgehead atoms. The minimum Gasteiger partial charge on any atom is -0.383 e. The molecule has 2 N–H and O–H groups in total. The molecule has 100 valence electrons. The molecule has 19 heavy (non-hydrogen) atoms. The Labute approximate surface area is 116 Å². The number of nitrogen functional groups attached to an aromatic ring is 1. The van der Waals surface area contributed by atoms with Gasteiger partial charge in [-0.1, -0.05) is 11.6 Å². The third-order valence-corrected chi connectivity index (χ3v) is 3.65. The average molecular weight is 280 g/mol. The summed E-state index contributed by atoms with van der Waals surface area (Å²) in [5.74, 6) is 1.72. The van der Waals surface area contributed by atoms with Crippen LogP contribution in [0.15, 0.2) is 18.2 Å². The maximum atomic E-state index is 13.4. The Balaban J connectivity index is 2.14. The highest BCUT2D eigenvalue weighted by molar-refractivity contribution is 6.30. The molecule has 1 fully saturated rings. The molecule has 1 saturated carbocycles. The lowest BCUT2D eigenvalue weighted by atomic mass is 10.1. The maximum Gasteiger partial charge on any atom is 0.131 e. The Morgan fingerprint density at radius 2 is 2.16 bits per heavy atom. The van der Waals surface area contributed by atoms with Crippen molar-refractivity contribution in [3.8, 4) is 11.3 Å². The molecule has 0 spiro atoms. The molecule has 3 nitrogen and oxygen atoms in total. The number of nitrogens with two attached hydrogens (primary N) is 1. The van der Waals surface area contributed by atoms with Crippen molar-refractivity contribution in [1.82, 2.24) is 9.55 Å². The van der Waals surface area contributed by atoms with Crippen molar-refractivity contribution in [3.05, 3.63) is 34.9 Å². The van der Waals surface area contributed by atoms with E-state index < -0.39 is 0 Å². The summed E-state index contributed by atoms with van der Waals surface area (Å²) in [4.78, 5) is 4.61. The number of imidazole rings is 1. The van der Waals surface area contributed by atoms with Crippen LogP contribution in [0.1, 0.15) is 31.5 Å². The van der Waals surface area contributed by atoms with Crippen LogP contribution in [0, 0.1) is 5.82 Å². The summed E-state index contributed by atoms with van der Waals surface area (Å²) in [7, 11) is 0. The van der Waals surface area contributed by atoms with Gasteiger partial charge in [-0.25, -0.2) is 9.37 Å². The zero-order valence-electron chi connectivity index (χ0n) is 10.7. The lowest BCUT2D eigenvalue weighted by Crippen LogP contribution is -2.04. The van der Waals surface area contributed by atoms with Crippen molar-refractivity contribution >= 4 is 17.4 Å². The monoisotopic (exact) mass is 279 g/mol. The summed E-state index contributed by atoms with van der Waals surface area (Å²) in [6, 6.07) is 4.39. The fraction of sp³-hybridized carbons (Fsp3) is 0.357. The standard InChI is InChI=1S/C14H15ClFN3/c1-2-19-13(17)12(18-14(19)8-3-4-8)9-5-10(15)7-11(16)6-9/h5-8H,2-4,17H2,1H3. The Hall–Kier alpha value is -1.55. The van der Waals surface area contributed by atoms with Crippen LogP contribution in [0.4, 0.5) is 10.2 Å². The number of halogens is 2. The first-order valence-corrected chi connectivity index (χ1v) is 6.80. The van der Waals surface area contributed by atoms with E-state index in [1.54, 1.807) is 6.07 Å². The number of aromatic nitrogens is 2. The van der Waals surface area contributed by atoms with Gasteiger partial charge in [-0.2, -0.15) is 0 Å². The lowest BCUT2D eigenvalue weighted by Gasteiger charge is -2.05. The Morgan fingerprint density at radius 1 is 1.42 bits per heavy atom. The van der Waals surface area contributed by atoms with Crippen LogP contribution < -0.4 is 5.73 Å². The van der Waals surface area contributed by atoms with Crippen molar-refractivity contribution in [2.45, 2.75) is 32.2 Å². The number of hydrogen-bond donors (Lipinski definition) is 1. The van der Waals surface area contributed by atoms with Crippen LogP contribution in [0.5, 0.6) is 0 Å². The predicted octanol–water partition coefficient (Wildman–Crippen LogP) is 3.82. The van der Waals surface area contributed by atoms with Gasteiger partial charge in [0.05, 0.1) is 0 Å². The first kappa shape index (κ1) is 12.5. The van der Waals surface area contributed by atoms with E-state index in [0.717, 1.165) is 25.2 Å². The Bertz CT molecular complexity index is 612. The molecule has 1 aliphatic rings.